The Morgan fingerprint density at radius 3 is 2.44 bits per heavy atom. The third kappa shape index (κ3) is 9.94. The fourth-order valence-electron chi connectivity index (χ4n) is 7.38. The van der Waals surface area contributed by atoms with E-state index in [1.54, 1.807) is 19.9 Å². The van der Waals surface area contributed by atoms with Crippen molar-refractivity contribution in [3.05, 3.63) is 54.0 Å². The standard InChI is InChI=1S/C37H49N9O8/c1-37(2,53)30-20-41-44-46(30)25-18-29(34(50)42-27(31(47)32(38)48)14-8-9-15-54-36(39)52)45(21-25)35(51)28(16-22-10-4-3-5-11-22)43-33(49)24-17-23-12-6-7-13-26(23)40-19-24/h6-7,12-13,17,19-20,22,25,27-29,53H,3-5,8-11,14-16,18,21H2,1-2H3,(H2,38,48)(H2,39,52)(H,42,50)(H,43,49)/t25-,27?,28+,29-/m0/s1. The predicted molar refractivity (Wildman–Crippen MR) is 194 cm³/mol. The van der Waals surface area contributed by atoms with E-state index in [0.717, 1.165) is 37.5 Å². The number of nitrogens with one attached hydrogen (secondary N) is 2. The van der Waals surface area contributed by atoms with Crippen LogP contribution < -0.4 is 22.1 Å². The normalized spacial score (nSPS) is 18.8. The number of para-hydroxylation sites is 1. The van der Waals surface area contributed by atoms with Gasteiger partial charge >= 0.3 is 6.09 Å². The van der Waals surface area contributed by atoms with E-state index in [1.807, 2.05) is 24.3 Å². The van der Waals surface area contributed by atoms with E-state index >= 15 is 0 Å². The average molecular weight is 748 g/mol. The summed E-state index contributed by atoms with van der Waals surface area (Å²) in [5.41, 5.74) is 10.3. The molecule has 0 spiro atoms. The second-order valence-corrected chi connectivity index (χ2v) is 14.7. The molecule has 17 nitrogen and oxygen atoms in total. The molecule has 1 saturated heterocycles. The summed E-state index contributed by atoms with van der Waals surface area (Å²) in [6.07, 6.45) is 7.69. The molecule has 5 rings (SSSR count). The Hall–Kier alpha value is -5.45. The van der Waals surface area contributed by atoms with Crippen LogP contribution in [0.15, 0.2) is 42.7 Å². The number of ketones is 1. The monoisotopic (exact) mass is 747 g/mol. The van der Waals surface area contributed by atoms with Gasteiger partial charge in [-0.2, -0.15) is 0 Å². The molecular weight excluding hydrogens is 698 g/mol. The van der Waals surface area contributed by atoms with Gasteiger partial charge in [0.1, 0.15) is 17.7 Å². The Bertz CT molecular complexity index is 1850. The van der Waals surface area contributed by atoms with Crippen molar-refractivity contribution in [1.29, 1.82) is 0 Å². The maximum atomic E-state index is 14.8. The number of carbonyl (C=O) groups is 6. The summed E-state index contributed by atoms with van der Waals surface area (Å²) in [7, 11) is 0. The number of fused-ring (bicyclic) bond motifs is 1. The van der Waals surface area contributed by atoms with Gasteiger partial charge in [-0.1, -0.05) is 55.5 Å². The number of Topliss-reactive ketones (excluding diaryl/α,β-unsaturated/α-hetero) is 1. The number of amides is 5. The van der Waals surface area contributed by atoms with Crippen molar-refractivity contribution in [3.8, 4) is 0 Å². The first kappa shape index (κ1) is 39.8. The summed E-state index contributed by atoms with van der Waals surface area (Å²) in [6.45, 7) is 3.07. The Morgan fingerprint density at radius 2 is 1.74 bits per heavy atom. The van der Waals surface area contributed by atoms with Gasteiger partial charge in [-0.3, -0.25) is 29.0 Å². The summed E-state index contributed by atoms with van der Waals surface area (Å²) in [5.74, 6) is -3.84. The van der Waals surface area contributed by atoms with E-state index < -0.39 is 65.3 Å². The number of hydrogen-bond acceptors (Lipinski definition) is 11. The molecule has 2 aromatic heterocycles. The number of primary amides is 2. The number of likely N-dealkylation sites (tertiary alicyclic amines) is 1. The van der Waals surface area contributed by atoms with E-state index in [0.29, 0.717) is 24.1 Å². The van der Waals surface area contributed by atoms with Crippen LogP contribution in [0.4, 0.5) is 4.79 Å². The molecule has 1 unspecified atom stereocenters. The van der Waals surface area contributed by atoms with Gasteiger partial charge < -0.3 is 36.8 Å². The van der Waals surface area contributed by atoms with Crippen molar-refractivity contribution in [1.82, 2.24) is 35.5 Å². The van der Waals surface area contributed by atoms with Gasteiger partial charge in [-0.05, 0) is 57.6 Å². The molecule has 17 heteroatoms. The maximum Gasteiger partial charge on any atom is 0.404 e. The number of rotatable bonds is 16. The molecule has 2 aliphatic rings. The SMILES string of the molecule is CC(C)(O)c1cnnn1[C@H]1C[C@@H](C(=O)NC(CCCCOC(N)=O)C(=O)C(N)=O)N(C(=O)[C@@H](CC2CCCCC2)NC(=O)c2cnc3ccccc3c2)C1. The molecule has 1 aliphatic heterocycles. The molecule has 290 valence electrons. The molecule has 5 amide bonds. The molecule has 0 radical (unpaired) electrons. The molecule has 0 bridgehead atoms. The zero-order valence-corrected chi connectivity index (χ0v) is 30.6. The molecule has 3 aromatic rings. The summed E-state index contributed by atoms with van der Waals surface area (Å²) < 4.78 is 6.21. The second kappa shape index (κ2) is 17.6. The highest BCUT2D eigenvalue weighted by Gasteiger charge is 2.45. The van der Waals surface area contributed by atoms with Crippen LogP contribution in [0.25, 0.3) is 10.9 Å². The van der Waals surface area contributed by atoms with Gasteiger partial charge in [0.05, 0.1) is 41.7 Å². The lowest BCUT2D eigenvalue weighted by Crippen LogP contribution is -2.56. The fourth-order valence-corrected chi connectivity index (χ4v) is 7.38. The number of carbonyl (C=O) groups excluding carboxylic acids is 6. The van der Waals surface area contributed by atoms with Gasteiger partial charge in [0.25, 0.3) is 11.8 Å². The Balaban J connectivity index is 1.44. The van der Waals surface area contributed by atoms with Crippen molar-refractivity contribution in [3.63, 3.8) is 0 Å². The maximum absolute atomic E-state index is 14.8. The molecule has 2 fully saturated rings. The quantitative estimate of drug-likeness (QED) is 0.104. The number of unbranched alkanes of at least 4 members (excludes halogenated alkanes) is 1. The van der Waals surface area contributed by atoms with Gasteiger partial charge in [0, 0.05) is 24.5 Å². The van der Waals surface area contributed by atoms with Crippen molar-refractivity contribution >= 4 is 46.4 Å². The Labute approximate surface area is 312 Å². The van der Waals surface area contributed by atoms with Gasteiger partial charge in [-0.25, -0.2) is 9.48 Å². The topological polar surface area (TPSA) is 255 Å². The van der Waals surface area contributed by atoms with E-state index in [4.69, 9.17) is 16.2 Å². The van der Waals surface area contributed by atoms with Crippen LogP contribution in [-0.2, 0) is 29.5 Å². The minimum atomic E-state index is -1.36. The summed E-state index contributed by atoms with van der Waals surface area (Å²) >= 11 is 0. The molecule has 1 saturated carbocycles. The van der Waals surface area contributed by atoms with Crippen molar-refractivity contribution in [2.45, 2.75) is 108 Å². The number of nitrogens with zero attached hydrogens (tertiary/aromatic N) is 5. The number of nitrogens with two attached hydrogens (primary N) is 2. The lowest BCUT2D eigenvalue weighted by atomic mass is 9.84. The number of hydrogen-bond donors (Lipinski definition) is 5. The summed E-state index contributed by atoms with van der Waals surface area (Å²) in [5, 5.41) is 25.4. The Kier molecular flexibility index (Phi) is 12.9. The van der Waals surface area contributed by atoms with E-state index in [2.05, 4.69) is 25.9 Å². The second-order valence-electron chi connectivity index (χ2n) is 14.7. The van der Waals surface area contributed by atoms with Gasteiger partial charge in [-0.15, -0.1) is 5.10 Å². The zero-order chi connectivity index (χ0) is 39.0. The van der Waals surface area contributed by atoms with Gasteiger partial charge in [0.15, 0.2) is 0 Å². The number of aliphatic hydroxyl groups is 1. The van der Waals surface area contributed by atoms with Crippen LogP contribution in [0.5, 0.6) is 0 Å². The predicted octanol–water partition coefficient (Wildman–Crippen LogP) is 1.77. The molecule has 4 atom stereocenters. The third-order valence-corrected chi connectivity index (χ3v) is 10.2. The lowest BCUT2D eigenvalue weighted by molar-refractivity contribution is -0.142. The van der Waals surface area contributed by atoms with E-state index in [9.17, 15) is 33.9 Å². The number of pyridine rings is 1. The van der Waals surface area contributed by atoms with Crippen LogP contribution in [0.1, 0.15) is 100 Å². The molecular formula is C37H49N9O8. The average Bonchev–Trinajstić information content (AvgIpc) is 3.82. The molecule has 1 aromatic carbocycles. The minimum Gasteiger partial charge on any atom is -0.450 e. The van der Waals surface area contributed by atoms with Crippen molar-refractivity contribution < 1.29 is 38.6 Å². The van der Waals surface area contributed by atoms with Crippen LogP contribution in [-0.4, -0.2) is 96.8 Å². The zero-order valence-electron chi connectivity index (χ0n) is 30.6. The van der Waals surface area contributed by atoms with E-state index in [1.165, 1.54) is 22.0 Å². The van der Waals surface area contributed by atoms with Crippen molar-refractivity contribution in [2.24, 2.45) is 17.4 Å². The minimum absolute atomic E-state index is 0.00812. The smallest absolute Gasteiger partial charge is 0.404 e. The fraction of sp³-hybridized carbons (Fsp3) is 0.541. The van der Waals surface area contributed by atoms with Gasteiger partial charge in [0.2, 0.25) is 17.6 Å². The van der Waals surface area contributed by atoms with Crippen molar-refractivity contribution in [2.75, 3.05) is 13.2 Å². The molecule has 1 aliphatic carbocycles. The summed E-state index contributed by atoms with van der Waals surface area (Å²) in [4.78, 5) is 84.3. The Morgan fingerprint density at radius 1 is 1.00 bits per heavy atom. The summed E-state index contributed by atoms with van der Waals surface area (Å²) in [6, 6.07) is 4.94. The highest BCUT2D eigenvalue weighted by molar-refractivity contribution is 6.37. The first-order valence-electron chi connectivity index (χ1n) is 18.4. The van der Waals surface area contributed by atoms with Crippen LogP contribution in [0.3, 0.4) is 0 Å². The highest BCUT2D eigenvalue weighted by atomic mass is 16.5. The van der Waals surface area contributed by atoms with E-state index in [-0.39, 0.29) is 43.9 Å². The molecule has 54 heavy (non-hydrogen) atoms. The molecule has 3 heterocycles. The first-order chi connectivity index (χ1) is 25.7. The highest BCUT2D eigenvalue weighted by Crippen LogP contribution is 2.33. The number of aromatic nitrogens is 4. The first-order valence-corrected chi connectivity index (χ1v) is 18.4. The van der Waals surface area contributed by atoms with Crippen LogP contribution in [0.2, 0.25) is 0 Å². The number of benzene rings is 1. The van der Waals surface area contributed by atoms with Crippen LogP contribution >= 0.6 is 0 Å². The lowest BCUT2D eigenvalue weighted by Gasteiger charge is -2.32. The largest absolute Gasteiger partial charge is 0.450 e. The molecule has 7 N–H and O–H groups in total. The van der Waals surface area contributed by atoms with Crippen LogP contribution in [0, 0.1) is 5.92 Å². The number of ether oxygens (including phenoxy) is 1. The third-order valence-electron chi connectivity index (χ3n) is 10.2.